The minimum atomic E-state index is -0.932. The number of carboxylic acid groups (broad SMARTS) is 1. The molecule has 3 rings (SSSR count). The van der Waals surface area contributed by atoms with E-state index >= 15 is 0 Å². The van der Waals surface area contributed by atoms with Crippen LogP contribution in [0.1, 0.15) is 22.5 Å². The third kappa shape index (κ3) is 4.53. The summed E-state index contributed by atoms with van der Waals surface area (Å²) in [5.41, 5.74) is 1.05. The molecule has 0 aliphatic heterocycles. The number of carboxylic acids is 1. The van der Waals surface area contributed by atoms with Crippen LogP contribution in [0, 0.1) is 5.82 Å². The summed E-state index contributed by atoms with van der Waals surface area (Å²) in [6, 6.07) is 9.23. The van der Waals surface area contributed by atoms with Gasteiger partial charge >= 0.3 is 5.97 Å². The predicted molar refractivity (Wildman–Crippen MR) is 90.2 cm³/mol. The summed E-state index contributed by atoms with van der Waals surface area (Å²) in [6.45, 7) is 0.634. The molecular weight excluding hydrogens is 341 g/mol. The third-order valence-electron chi connectivity index (χ3n) is 3.57. The van der Waals surface area contributed by atoms with Gasteiger partial charge in [0.1, 0.15) is 5.82 Å². The second kappa shape index (κ2) is 7.60. The molecule has 0 saturated carbocycles. The van der Waals surface area contributed by atoms with Crippen molar-refractivity contribution < 1.29 is 19.1 Å². The number of nitrogens with one attached hydrogen (secondary N) is 1. The van der Waals surface area contributed by atoms with E-state index in [2.05, 4.69) is 15.5 Å². The number of hydrogen-bond acceptors (Lipinski definition) is 4. The molecular formula is C17H16FN5O3. The maximum Gasteiger partial charge on any atom is 0.305 e. The van der Waals surface area contributed by atoms with Gasteiger partial charge in [-0.3, -0.25) is 19.0 Å². The Bertz CT molecular complexity index is 917. The molecule has 134 valence electrons. The minimum absolute atomic E-state index is 0.0729. The second-order valence-electron chi connectivity index (χ2n) is 5.59. The molecule has 0 aliphatic rings. The van der Waals surface area contributed by atoms with Crippen LogP contribution in [0.25, 0.3) is 0 Å². The monoisotopic (exact) mass is 357 g/mol. The van der Waals surface area contributed by atoms with E-state index in [4.69, 9.17) is 5.11 Å². The van der Waals surface area contributed by atoms with Crippen LogP contribution in [0.15, 0.2) is 48.8 Å². The topological polar surface area (TPSA) is 102 Å². The number of amides is 1. The number of nitrogens with zero attached hydrogens (tertiary/aromatic N) is 4. The standard InChI is InChI=1S/C17H16FN5O3/c18-13-3-1-12(2-4-13)11-23-9-6-15(21-23)19-17(26)14-5-8-22(20-14)10-7-16(24)25/h1-6,8-9H,7,10-11H2,(H,24,25)(H,19,21,26). The quantitative estimate of drug-likeness (QED) is 0.673. The van der Waals surface area contributed by atoms with Crippen molar-refractivity contribution in [1.29, 1.82) is 0 Å². The zero-order chi connectivity index (χ0) is 18.5. The molecule has 0 bridgehead atoms. The Morgan fingerprint density at radius 1 is 1.04 bits per heavy atom. The van der Waals surface area contributed by atoms with Crippen molar-refractivity contribution in [3.63, 3.8) is 0 Å². The second-order valence-corrected chi connectivity index (χ2v) is 5.59. The van der Waals surface area contributed by atoms with Crippen LogP contribution in [0.5, 0.6) is 0 Å². The smallest absolute Gasteiger partial charge is 0.305 e. The average Bonchev–Trinajstić information content (AvgIpc) is 3.24. The molecule has 0 fully saturated rings. The van der Waals surface area contributed by atoms with Crippen molar-refractivity contribution >= 4 is 17.7 Å². The first-order valence-electron chi connectivity index (χ1n) is 7.84. The summed E-state index contributed by atoms with van der Waals surface area (Å²) in [5.74, 6) is -1.31. The Hall–Kier alpha value is -3.49. The molecule has 26 heavy (non-hydrogen) atoms. The van der Waals surface area contributed by atoms with Gasteiger partial charge in [0.2, 0.25) is 0 Å². The van der Waals surface area contributed by atoms with E-state index in [0.29, 0.717) is 12.4 Å². The number of aromatic nitrogens is 4. The van der Waals surface area contributed by atoms with E-state index < -0.39 is 11.9 Å². The van der Waals surface area contributed by atoms with Gasteiger partial charge in [-0.25, -0.2) is 4.39 Å². The predicted octanol–water partition coefficient (Wildman–Crippen LogP) is 1.99. The summed E-state index contributed by atoms with van der Waals surface area (Å²) < 4.78 is 15.9. The van der Waals surface area contributed by atoms with Crippen molar-refractivity contribution in [3.05, 3.63) is 65.9 Å². The fraction of sp³-hybridized carbons (Fsp3) is 0.176. The lowest BCUT2D eigenvalue weighted by Gasteiger charge is -2.02. The highest BCUT2D eigenvalue weighted by atomic mass is 19.1. The highest BCUT2D eigenvalue weighted by molar-refractivity contribution is 6.02. The van der Waals surface area contributed by atoms with Crippen LogP contribution >= 0.6 is 0 Å². The molecule has 3 aromatic rings. The van der Waals surface area contributed by atoms with E-state index in [0.717, 1.165) is 5.56 Å². The van der Waals surface area contributed by atoms with E-state index in [1.807, 2.05) is 0 Å². The number of carbonyl (C=O) groups is 2. The third-order valence-corrected chi connectivity index (χ3v) is 3.57. The molecule has 8 nitrogen and oxygen atoms in total. The molecule has 0 unspecified atom stereocenters. The molecule has 0 radical (unpaired) electrons. The van der Waals surface area contributed by atoms with Gasteiger partial charge in [-0.15, -0.1) is 0 Å². The molecule has 2 aromatic heterocycles. The lowest BCUT2D eigenvalue weighted by molar-refractivity contribution is -0.137. The first-order chi connectivity index (χ1) is 12.5. The Morgan fingerprint density at radius 2 is 1.77 bits per heavy atom. The van der Waals surface area contributed by atoms with Crippen LogP contribution in [-0.4, -0.2) is 36.5 Å². The van der Waals surface area contributed by atoms with Crippen molar-refractivity contribution in [3.8, 4) is 0 Å². The number of aliphatic carboxylic acids is 1. The number of hydrogen-bond donors (Lipinski definition) is 2. The van der Waals surface area contributed by atoms with E-state index in [-0.39, 0.29) is 24.5 Å². The number of halogens is 1. The van der Waals surface area contributed by atoms with Gasteiger partial charge in [-0.05, 0) is 23.8 Å². The van der Waals surface area contributed by atoms with Crippen molar-refractivity contribution in [2.24, 2.45) is 0 Å². The van der Waals surface area contributed by atoms with Crippen molar-refractivity contribution in [2.75, 3.05) is 5.32 Å². The highest BCUT2D eigenvalue weighted by Crippen LogP contribution is 2.09. The molecule has 0 saturated heterocycles. The summed E-state index contributed by atoms with van der Waals surface area (Å²) >= 11 is 0. The normalized spacial score (nSPS) is 10.7. The van der Waals surface area contributed by atoms with Crippen LogP contribution in [0.4, 0.5) is 10.2 Å². The van der Waals surface area contributed by atoms with Gasteiger partial charge in [0.25, 0.3) is 5.91 Å². The molecule has 2 N–H and O–H groups in total. The number of aryl methyl sites for hydroxylation is 1. The first kappa shape index (κ1) is 17.3. The fourth-order valence-electron chi connectivity index (χ4n) is 2.29. The Balaban J connectivity index is 1.59. The summed E-state index contributed by atoms with van der Waals surface area (Å²) in [5, 5.41) is 19.6. The van der Waals surface area contributed by atoms with E-state index in [1.54, 1.807) is 35.3 Å². The lowest BCUT2D eigenvalue weighted by Crippen LogP contribution is -2.14. The van der Waals surface area contributed by atoms with Crippen molar-refractivity contribution in [2.45, 2.75) is 19.5 Å². The van der Waals surface area contributed by atoms with Gasteiger partial charge < -0.3 is 10.4 Å². The number of benzene rings is 1. The number of carbonyl (C=O) groups excluding carboxylic acids is 1. The molecule has 0 spiro atoms. The van der Waals surface area contributed by atoms with E-state index in [9.17, 15) is 14.0 Å². The first-order valence-corrected chi connectivity index (χ1v) is 7.84. The largest absolute Gasteiger partial charge is 0.481 e. The lowest BCUT2D eigenvalue weighted by atomic mass is 10.2. The molecule has 1 aromatic carbocycles. The molecule has 9 heteroatoms. The van der Waals surface area contributed by atoms with Crippen LogP contribution < -0.4 is 5.32 Å². The van der Waals surface area contributed by atoms with Gasteiger partial charge in [-0.1, -0.05) is 12.1 Å². The number of rotatable bonds is 7. The maximum atomic E-state index is 12.9. The molecule has 0 aliphatic carbocycles. The summed E-state index contributed by atoms with van der Waals surface area (Å²) in [6.07, 6.45) is 3.17. The number of anilines is 1. The molecule has 1 amide bonds. The zero-order valence-corrected chi connectivity index (χ0v) is 13.7. The minimum Gasteiger partial charge on any atom is -0.481 e. The van der Waals surface area contributed by atoms with Crippen LogP contribution in [-0.2, 0) is 17.9 Å². The highest BCUT2D eigenvalue weighted by Gasteiger charge is 2.12. The van der Waals surface area contributed by atoms with Gasteiger partial charge in [0.15, 0.2) is 11.5 Å². The van der Waals surface area contributed by atoms with Gasteiger partial charge in [-0.2, -0.15) is 10.2 Å². The Morgan fingerprint density at radius 3 is 2.50 bits per heavy atom. The fourth-order valence-corrected chi connectivity index (χ4v) is 2.29. The average molecular weight is 357 g/mol. The maximum absolute atomic E-state index is 12.9. The summed E-state index contributed by atoms with van der Waals surface area (Å²) in [7, 11) is 0. The van der Waals surface area contributed by atoms with Crippen LogP contribution in [0.2, 0.25) is 0 Å². The van der Waals surface area contributed by atoms with Gasteiger partial charge in [0, 0.05) is 18.5 Å². The SMILES string of the molecule is O=C(O)CCn1ccc(C(=O)Nc2ccn(Cc3ccc(F)cc3)n2)n1. The van der Waals surface area contributed by atoms with Crippen molar-refractivity contribution in [1.82, 2.24) is 19.6 Å². The summed E-state index contributed by atoms with van der Waals surface area (Å²) in [4.78, 5) is 22.7. The molecule has 2 heterocycles. The Labute approximate surface area is 147 Å². The Kier molecular flexibility index (Phi) is 5.07. The van der Waals surface area contributed by atoms with E-state index in [1.165, 1.54) is 22.9 Å². The zero-order valence-electron chi connectivity index (χ0n) is 13.7. The van der Waals surface area contributed by atoms with Crippen LogP contribution in [0.3, 0.4) is 0 Å². The van der Waals surface area contributed by atoms with Gasteiger partial charge in [0.05, 0.1) is 19.5 Å². The molecule has 0 atom stereocenters.